The first-order chi connectivity index (χ1) is 11.5. The minimum Gasteiger partial charge on any atom is -0.323 e. The van der Waals surface area contributed by atoms with Gasteiger partial charge >= 0.3 is 0 Å². The van der Waals surface area contributed by atoms with E-state index in [0.29, 0.717) is 22.2 Å². The number of thioether (sulfide) groups is 1. The molecule has 24 heavy (non-hydrogen) atoms. The largest absolute Gasteiger partial charge is 0.323 e. The average Bonchev–Trinajstić information content (AvgIpc) is 2.96. The molecule has 0 unspecified atom stereocenters. The molecule has 9 heteroatoms. The molecule has 3 aromatic rings. The van der Waals surface area contributed by atoms with Gasteiger partial charge in [0.15, 0.2) is 5.16 Å². The molecule has 124 valence electrons. The van der Waals surface area contributed by atoms with Gasteiger partial charge in [0.05, 0.1) is 11.4 Å². The fraction of sp³-hybridized carbons (Fsp3) is 0.200. The summed E-state index contributed by atoms with van der Waals surface area (Å²) in [6.45, 7) is 3.48. The summed E-state index contributed by atoms with van der Waals surface area (Å²) < 4.78 is 15.2. The van der Waals surface area contributed by atoms with Crippen LogP contribution in [0.25, 0.3) is 5.78 Å². The average molecular weight is 347 g/mol. The highest BCUT2D eigenvalue weighted by Crippen LogP contribution is 2.19. The van der Waals surface area contributed by atoms with Gasteiger partial charge in [-0.15, -0.1) is 10.2 Å². The maximum atomic E-state index is 13.5. The fourth-order valence-electron chi connectivity index (χ4n) is 2.15. The summed E-state index contributed by atoms with van der Waals surface area (Å²) in [5.74, 6) is -0.499. The molecule has 0 fully saturated rings. The molecule has 2 aromatic heterocycles. The van der Waals surface area contributed by atoms with Crippen LogP contribution < -0.4 is 10.9 Å². The van der Waals surface area contributed by atoms with Crippen molar-refractivity contribution in [2.75, 3.05) is 11.1 Å². The summed E-state index contributed by atoms with van der Waals surface area (Å²) >= 11 is 1.15. The van der Waals surface area contributed by atoms with E-state index in [9.17, 15) is 14.0 Å². The van der Waals surface area contributed by atoms with Gasteiger partial charge in [-0.1, -0.05) is 23.9 Å². The summed E-state index contributed by atoms with van der Waals surface area (Å²) in [7, 11) is 0. The Bertz CT molecular complexity index is 982. The van der Waals surface area contributed by atoms with Crippen LogP contribution in [-0.4, -0.2) is 31.2 Å². The Labute approximate surface area is 140 Å². The number of hydrogen-bond donors (Lipinski definition) is 2. The number of nitrogens with one attached hydrogen (secondary N) is 2. The van der Waals surface area contributed by atoms with Crippen LogP contribution >= 0.6 is 11.8 Å². The zero-order valence-electron chi connectivity index (χ0n) is 13.0. The molecule has 0 atom stereocenters. The predicted molar refractivity (Wildman–Crippen MR) is 88.8 cm³/mol. The highest BCUT2D eigenvalue weighted by Gasteiger charge is 2.14. The van der Waals surface area contributed by atoms with Crippen LogP contribution in [0.15, 0.2) is 34.2 Å². The number of benzene rings is 1. The third kappa shape index (κ3) is 3.02. The van der Waals surface area contributed by atoms with E-state index in [1.54, 1.807) is 30.4 Å². The van der Waals surface area contributed by atoms with Gasteiger partial charge in [0.25, 0.3) is 5.56 Å². The fourth-order valence-corrected chi connectivity index (χ4v) is 2.94. The Kier molecular flexibility index (Phi) is 4.34. The number of halogens is 1. The number of carbonyl (C=O) groups is 1. The maximum absolute atomic E-state index is 13.5. The molecule has 1 aromatic carbocycles. The second kappa shape index (κ2) is 6.44. The number of amides is 1. The van der Waals surface area contributed by atoms with E-state index in [1.165, 1.54) is 12.1 Å². The number of H-pyrrole nitrogens is 1. The predicted octanol–water partition coefficient (Wildman–Crippen LogP) is 1.90. The first-order valence-corrected chi connectivity index (χ1v) is 8.07. The van der Waals surface area contributed by atoms with E-state index < -0.39 is 5.82 Å². The molecule has 0 saturated carbocycles. The number of carbonyl (C=O) groups excluding carboxylic acids is 1. The number of fused-ring (bicyclic) bond motifs is 1. The number of rotatable bonds is 4. The van der Waals surface area contributed by atoms with Crippen LogP contribution in [0, 0.1) is 19.7 Å². The van der Waals surface area contributed by atoms with Gasteiger partial charge in [-0.3, -0.25) is 19.0 Å². The first-order valence-electron chi connectivity index (χ1n) is 7.09. The van der Waals surface area contributed by atoms with Crippen molar-refractivity contribution < 1.29 is 9.18 Å². The SMILES string of the molecule is Cc1c(C)n2c(SCC(=O)Nc3ccccc3F)nnc2[nH]c1=O. The van der Waals surface area contributed by atoms with Crippen molar-refractivity contribution in [2.24, 2.45) is 0 Å². The Balaban J connectivity index is 1.77. The van der Waals surface area contributed by atoms with Crippen molar-refractivity contribution in [2.45, 2.75) is 19.0 Å². The molecule has 0 spiro atoms. The molecule has 0 aliphatic heterocycles. The van der Waals surface area contributed by atoms with Crippen molar-refractivity contribution in [3.05, 3.63) is 51.7 Å². The smallest absolute Gasteiger partial charge is 0.255 e. The molecule has 1 amide bonds. The lowest BCUT2D eigenvalue weighted by Gasteiger charge is -2.07. The standard InChI is InChI=1S/C15H14FN5O2S/c1-8-9(2)21-14(18-13(8)23)19-20-15(21)24-7-12(22)17-11-6-4-3-5-10(11)16/h3-6H,7H2,1-2H3,(H,17,22)(H,18,19,23). The Hall–Kier alpha value is -2.68. The molecule has 2 heterocycles. The van der Waals surface area contributed by atoms with Gasteiger partial charge < -0.3 is 5.32 Å². The van der Waals surface area contributed by atoms with Crippen molar-refractivity contribution >= 4 is 29.1 Å². The van der Waals surface area contributed by atoms with Crippen LogP contribution in [0.5, 0.6) is 0 Å². The van der Waals surface area contributed by atoms with Crippen LogP contribution in [0.4, 0.5) is 10.1 Å². The second-order valence-corrected chi connectivity index (χ2v) is 6.07. The number of aromatic nitrogens is 4. The number of nitrogens with zero attached hydrogens (tertiary/aromatic N) is 3. The first kappa shape index (κ1) is 16.2. The number of hydrogen-bond acceptors (Lipinski definition) is 5. The molecular formula is C15H14FN5O2S. The third-order valence-corrected chi connectivity index (χ3v) is 4.49. The van der Waals surface area contributed by atoms with Crippen LogP contribution in [0.1, 0.15) is 11.3 Å². The quantitative estimate of drug-likeness (QED) is 0.703. The lowest BCUT2D eigenvalue weighted by molar-refractivity contribution is -0.113. The Morgan fingerprint density at radius 3 is 2.83 bits per heavy atom. The Morgan fingerprint density at radius 2 is 2.08 bits per heavy atom. The zero-order valence-corrected chi connectivity index (χ0v) is 13.8. The highest BCUT2D eigenvalue weighted by atomic mass is 32.2. The van der Waals surface area contributed by atoms with E-state index in [4.69, 9.17) is 0 Å². The van der Waals surface area contributed by atoms with Gasteiger partial charge in [0.1, 0.15) is 5.82 Å². The topological polar surface area (TPSA) is 92.2 Å². The molecule has 0 saturated heterocycles. The molecule has 7 nitrogen and oxygen atoms in total. The molecular weight excluding hydrogens is 333 g/mol. The second-order valence-electron chi connectivity index (χ2n) is 5.12. The minimum atomic E-state index is -0.493. The van der Waals surface area contributed by atoms with Crippen molar-refractivity contribution in [3.63, 3.8) is 0 Å². The molecule has 0 aliphatic carbocycles. The highest BCUT2D eigenvalue weighted by molar-refractivity contribution is 7.99. The van der Waals surface area contributed by atoms with Gasteiger partial charge in [-0.25, -0.2) is 4.39 Å². The van der Waals surface area contributed by atoms with E-state index >= 15 is 0 Å². The summed E-state index contributed by atoms with van der Waals surface area (Å²) in [5.41, 5.74) is 1.17. The lowest BCUT2D eigenvalue weighted by Crippen LogP contribution is -2.17. The van der Waals surface area contributed by atoms with Crippen LogP contribution in [0.2, 0.25) is 0 Å². The number of aromatic amines is 1. The summed E-state index contributed by atoms with van der Waals surface area (Å²) in [5, 5.41) is 10.9. The Morgan fingerprint density at radius 1 is 1.33 bits per heavy atom. The summed E-state index contributed by atoms with van der Waals surface area (Å²) in [6, 6.07) is 5.95. The number of para-hydroxylation sites is 1. The normalized spacial score (nSPS) is 11.0. The van der Waals surface area contributed by atoms with E-state index in [0.717, 1.165) is 11.8 Å². The van der Waals surface area contributed by atoms with Crippen molar-refractivity contribution in [1.29, 1.82) is 0 Å². The summed E-state index contributed by atoms with van der Waals surface area (Å²) in [6.07, 6.45) is 0. The molecule has 2 N–H and O–H groups in total. The van der Waals surface area contributed by atoms with Gasteiger partial charge in [0, 0.05) is 11.3 Å². The van der Waals surface area contributed by atoms with Crippen LogP contribution in [-0.2, 0) is 4.79 Å². The monoisotopic (exact) mass is 347 g/mol. The van der Waals surface area contributed by atoms with Gasteiger partial charge in [0.2, 0.25) is 11.7 Å². The van der Waals surface area contributed by atoms with Crippen LogP contribution in [0.3, 0.4) is 0 Å². The van der Waals surface area contributed by atoms with Crippen molar-refractivity contribution in [3.8, 4) is 0 Å². The third-order valence-electron chi connectivity index (χ3n) is 3.56. The van der Waals surface area contributed by atoms with Gasteiger partial charge in [-0.2, -0.15) is 0 Å². The van der Waals surface area contributed by atoms with E-state index in [-0.39, 0.29) is 22.9 Å². The zero-order chi connectivity index (χ0) is 17.3. The molecule has 0 bridgehead atoms. The van der Waals surface area contributed by atoms with Gasteiger partial charge in [-0.05, 0) is 26.0 Å². The van der Waals surface area contributed by atoms with E-state index in [1.807, 2.05) is 0 Å². The number of aryl methyl sites for hydroxylation is 1. The van der Waals surface area contributed by atoms with E-state index in [2.05, 4.69) is 20.5 Å². The van der Waals surface area contributed by atoms with Crippen molar-refractivity contribution in [1.82, 2.24) is 19.6 Å². The number of anilines is 1. The maximum Gasteiger partial charge on any atom is 0.255 e. The molecule has 3 rings (SSSR count). The summed E-state index contributed by atoms with van der Waals surface area (Å²) in [4.78, 5) is 26.3. The lowest BCUT2D eigenvalue weighted by atomic mass is 10.3. The minimum absolute atomic E-state index is 0.0345. The molecule has 0 aliphatic rings. The molecule has 0 radical (unpaired) electrons.